The van der Waals surface area contributed by atoms with E-state index in [1.165, 1.54) is 16.5 Å². The molecule has 0 fully saturated rings. The van der Waals surface area contributed by atoms with E-state index in [9.17, 15) is 0 Å². The van der Waals surface area contributed by atoms with Crippen molar-refractivity contribution in [2.45, 2.75) is 6.92 Å². The van der Waals surface area contributed by atoms with Gasteiger partial charge in [-0.1, -0.05) is 42.5 Å². The number of aryl methyl sites for hydroxylation is 1. The van der Waals surface area contributed by atoms with Crippen LogP contribution in [0.15, 0.2) is 48.5 Å². The standard InChI is InChI=1S/C15H12N/c1-11-6-5-9-14-13(11)10-15(16-14)12-7-3-2-4-8-12/h2-9,16H,1H3. The van der Waals surface area contributed by atoms with Gasteiger partial charge in [0.15, 0.2) is 0 Å². The smallest absolute Gasteiger partial charge is 0.0545 e. The van der Waals surface area contributed by atoms with Crippen LogP contribution >= 0.6 is 0 Å². The zero-order valence-corrected chi connectivity index (χ0v) is 9.12. The van der Waals surface area contributed by atoms with E-state index in [-0.39, 0.29) is 0 Å². The van der Waals surface area contributed by atoms with Gasteiger partial charge in [-0.3, -0.25) is 0 Å². The van der Waals surface area contributed by atoms with E-state index in [4.69, 9.17) is 0 Å². The molecule has 1 N–H and O–H groups in total. The number of rotatable bonds is 1. The van der Waals surface area contributed by atoms with Gasteiger partial charge in [-0.25, -0.2) is 0 Å². The summed E-state index contributed by atoms with van der Waals surface area (Å²) < 4.78 is 0. The Labute approximate surface area is 94.7 Å². The summed E-state index contributed by atoms with van der Waals surface area (Å²) in [6, 6.07) is 20.0. The fraction of sp³-hybridized carbons (Fsp3) is 0.0667. The van der Waals surface area contributed by atoms with Gasteiger partial charge in [-0.05, 0) is 24.1 Å². The molecule has 16 heavy (non-hydrogen) atoms. The zero-order chi connectivity index (χ0) is 11.0. The van der Waals surface area contributed by atoms with E-state index in [0.717, 1.165) is 11.2 Å². The quantitative estimate of drug-likeness (QED) is 0.620. The second kappa shape index (κ2) is 3.53. The number of H-pyrrole nitrogens is 1. The van der Waals surface area contributed by atoms with Crippen molar-refractivity contribution in [3.63, 3.8) is 0 Å². The van der Waals surface area contributed by atoms with Crippen molar-refractivity contribution in [2.75, 3.05) is 0 Å². The number of aromatic nitrogens is 1. The largest absolute Gasteiger partial charge is 0.354 e. The minimum Gasteiger partial charge on any atom is -0.354 e. The molecule has 0 unspecified atom stereocenters. The molecule has 2 aromatic carbocycles. The van der Waals surface area contributed by atoms with E-state index >= 15 is 0 Å². The highest BCUT2D eigenvalue weighted by Crippen LogP contribution is 2.24. The Morgan fingerprint density at radius 1 is 0.938 bits per heavy atom. The molecule has 0 saturated heterocycles. The average Bonchev–Trinajstić information content (AvgIpc) is 2.76. The van der Waals surface area contributed by atoms with E-state index in [1.54, 1.807) is 0 Å². The summed E-state index contributed by atoms with van der Waals surface area (Å²) in [6.07, 6.45) is 0. The van der Waals surface area contributed by atoms with Crippen LogP contribution in [0.25, 0.3) is 22.2 Å². The van der Waals surface area contributed by atoms with Crippen LogP contribution in [0.5, 0.6) is 0 Å². The summed E-state index contributed by atoms with van der Waals surface area (Å²) >= 11 is 0. The van der Waals surface area contributed by atoms with Crippen molar-refractivity contribution in [2.24, 2.45) is 0 Å². The first kappa shape index (κ1) is 9.22. The molecule has 0 atom stereocenters. The van der Waals surface area contributed by atoms with Crippen LogP contribution in [0.3, 0.4) is 0 Å². The fourth-order valence-electron chi connectivity index (χ4n) is 1.98. The Morgan fingerprint density at radius 3 is 2.50 bits per heavy atom. The monoisotopic (exact) mass is 206 g/mol. The molecule has 3 aromatic rings. The molecule has 77 valence electrons. The van der Waals surface area contributed by atoms with Gasteiger partial charge in [-0.2, -0.15) is 0 Å². The number of hydrogen-bond donors (Lipinski definition) is 1. The maximum absolute atomic E-state index is 3.42. The maximum atomic E-state index is 3.42. The Hall–Kier alpha value is -2.02. The topological polar surface area (TPSA) is 15.8 Å². The number of aromatic amines is 1. The predicted octanol–water partition coefficient (Wildman–Crippen LogP) is 3.94. The molecular formula is C15H12N. The molecule has 1 heteroatoms. The summed E-state index contributed by atoms with van der Waals surface area (Å²) in [5.74, 6) is 0. The molecule has 0 bridgehead atoms. The minimum absolute atomic E-state index is 1.06. The lowest BCUT2D eigenvalue weighted by atomic mass is 10.1. The van der Waals surface area contributed by atoms with Crippen LogP contribution in [0.4, 0.5) is 0 Å². The lowest BCUT2D eigenvalue weighted by Crippen LogP contribution is -1.74. The maximum Gasteiger partial charge on any atom is 0.0545 e. The summed E-state index contributed by atoms with van der Waals surface area (Å²) in [4.78, 5) is 3.40. The molecule has 0 aliphatic rings. The molecule has 0 aliphatic carbocycles. The second-order valence-electron chi connectivity index (χ2n) is 3.99. The van der Waals surface area contributed by atoms with E-state index < -0.39 is 0 Å². The molecule has 1 radical (unpaired) electrons. The molecule has 0 aliphatic heterocycles. The first-order chi connectivity index (χ1) is 7.84. The SMILES string of the molecule is Cc1cccc2[nH]c(-c3ccccc3)[c]c12. The summed E-state index contributed by atoms with van der Waals surface area (Å²) in [5, 5.41) is 1.18. The van der Waals surface area contributed by atoms with Crippen LogP contribution in [-0.2, 0) is 0 Å². The van der Waals surface area contributed by atoms with Gasteiger partial charge in [0.2, 0.25) is 0 Å². The van der Waals surface area contributed by atoms with Crippen molar-refractivity contribution in [3.05, 3.63) is 60.2 Å². The van der Waals surface area contributed by atoms with E-state index in [2.05, 4.69) is 48.3 Å². The summed E-state index contributed by atoms with van der Waals surface area (Å²) in [6.45, 7) is 2.11. The lowest BCUT2D eigenvalue weighted by Gasteiger charge is -1.94. The molecule has 1 aromatic heterocycles. The molecule has 0 saturated carbocycles. The first-order valence-corrected chi connectivity index (χ1v) is 5.40. The molecule has 0 spiro atoms. The minimum atomic E-state index is 1.06. The Bertz CT molecular complexity index is 620. The molecule has 3 rings (SSSR count). The van der Waals surface area contributed by atoms with Crippen LogP contribution in [-0.4, -0.2) is 4.98 Å². The highest BCUT2D eigenvalue weighted by atomic mass is 14.7. The van der Waals surface area contributed by atoms with Gasteiger partial charge in [0.25, 0.3) is 0 Å². The second-order valence-corrected chi connectivity index (χ2v) is 3.99. The van der Waals surface area contributed by atoms with Gasteiger partial charge in [0, 0.05) is 17.0 Å². The van der Waals surface area contributed by atoms with Crippen molar-refractivity contribution in [1.29, 1.82) is 0 Å². The molecule has 1 heterocycles. The van der Waals surface area contributed by atoms with E-state index in [0.29, 0.717) is 0 Å². The van der Waals surface area contributed by atoms with Crippen LogP contribution < -0.4 is 0 Å². The van der Waals surface area contributed by atoms with Gasteiger partial charge < -0.3 is 4.98 Å². The number of hydrogen-bond acceptors (Lipinski definition) is 0. The third-order valence-electron chi connectivity index (χ3n) is 2.84. The van der Waals surface area contributed by atoms with Gasteiger partial charge in [-0.15, -0.1) is 0 Å². The van der Waals surface area contributed by atoms with Gasteiger partial charge in [0.05, 0.1) is 5.69 Å². The summed E-state index contributed by atoms with van der Waals surface area (Å²) in [5.41, 5.74) is 4.65. The molecule has 0 amide bonds. The van der Waals surface area contributed by atoms with Crippen molar-refractivity contribution >= 4 is 10.9 Å². The Kier molecular flexibility index (Phi) is 2.03. The molecular weight excluding hydrogens is 194 g/mol. The highest BCUT2D eigenvalue weighted by molar-refractivity contribution is 5.87. The molecule has 1 nitrogen and oxygen atoms in total. The van der Waals surface area contributed by atoms with Crippen molar-refractivity contribution in [1.82, 2.24) is 4.98 Å². The van der Waals surface area contributed by atoms with E-state index in [1.807, 2.05) is 18.2 Å². The third kappa shape index (κ3) is 1.41. The summed E-state index contributed by atoms with van der Waals surface area (Å²) in [7, 11) is 0. The predicted molar refractivity (Wildman–Crippen MR) is 67.3 cm³/mol. The Balaban J connectivity index is 2.23. The van der Waals surface area contributed by atoms with Gasteiger partial charge >= 0.3 is 0 Å². The zero-order valence-electron chi connectivity index (χ0n) is 9.12. The normalized spacial score (nSPS) is 10.8. The van der Waals surface area contributed by atoms with Crippen LogP contribution in [0.1, 0.15) is 5.56 Å². The average molecular weight is 206 g/mol. The van der Waals surface area contributed by atoms with Crippen LogP contribution in [0, 0.1) is 13.0 Å². The first-order valence-electron chi connectivity index (χ1n) is 5.40. The van der Waals surface area contributed by atoms with Crippen molar-refractivity contribution in [3.8, 4) is 11.3 Å². The third-order valence-corrected chi connectivity index (χ3v) is 2.84. The highest BCUT2D eigenvalue weighted by Gasteiger charge is 2.04. The fourth-order valence-corrected chi connectivity index (χ4v) is 1.98. The number of fused-ring (bicyclic) bond motifs is 1. The number of nitrogens with one attached hydrogen (secondary N) is 1. The van der Waals surface area contributed by atoms with Crippen molar-refractivity contribution < 1.29 is 0 Å². The van der Waals surface area contributed by atoms with Gasteiger partial charge in [0.1, 0.15) is 0 Å². The number of benzene rings is 2. The Morgan fingerprint density at radius 2 is 1.75 bits per heavy atom. The lowest BCUT2D eigenvalue weighted by molar-refractivity contribution is 1.45. The van der Waals surface area contributed by atoms with Crippen LogP contribution in [0.2, 0.25) is 0 Å².